The van der Waals surface area contributed by atoms with Gasteiger partial charge in [-0.2, -0.15) is 0 Å². The van der Waals surface area contributed by atoms with Gasteiger partial charge in [0.2, 0.25) is 0 Å². The van der Waals surface area contributed by atoms with Crippen LogP contribution >= 0.6 is 0 Å². The van der Waals surface area contributed by atoms with Crippen molar-refractivity contribution in [2.75, 3.05) is 32.6 Å². The summed E-state index contributed by atoms with van der Waals surface area (Å²) >= 11 is 0. The van der Waals surface area contributed by atoms with Crippen molar-refractivity contribution in [3.05, 3.63) is 30.5 Å². The number of carbonyl (C=O) groups excluding carboxylic acids is 1. The van der Waals surface area contributed by atoms with Gasteiger partial charge in [-0.25, -0.2) is 4.79 Å². The van der Waals surface area contributed by atoms with Crippen LogP contribution in [0.15, 0.2) is 30.5 Å². The molecule has 136 valence electrons. The summed E-state index contributed by atoms with van der Waals surface area (Å²) in [4.78, 5) is 14.1. The number of benzene rings is 1. The highest BCUT2D eigenvalue weighted by Crippen LogP contribution is 2.26. The number of amides is 2. The molecule has 1 saturated carbocycles. The maximum Gasteiger partial charge on any atom is 0.321 e. The molecule has 0 saturated heterocycles. The molecular formula is C19H27N3O3. The Balaban J connectivity index is 1.65. The van der Waals surface area contributed by atoms with Crippen LogP contribution in [0.25, 0.3) is 10.9 Å². The van der Waals surface area contributed by atoms with E-state index in [2.05, 4.69) is 16.0 Å². The van der Waals surface area contributed by atoms with Crippen LogP contribution in [-0.4, -0.2) is 54.0 Å². The number of nitrogens with one attached hydrogen (secondary N) is 1. The zero-order valence-electron chi connectivity index (χ0n) is 14.9. The molecule has 2 N–H and O–H groups in total. The predicted molar refractivity (Wildman–Crippen MR) is 98.8 cm³/mol. The van der Waals surface area contributed by atoms with Crippen molar-refractivity contribution < 1.29 is 14.6 Å². The van der Waals surface area contributed by atoms with Gasteiger partial charge in [0, 0.05) is 45.0 Å². The molecule has 0 aliphatic heterocycles. The van der Waals surface area contributed by atoms with Gasteiger partial charge in [-0.05, 0) is 36.4 Å². The highest BCUT2D eigenvalue weighted by Gasteiger charge is 2.27. The lowest BCUT2D eigenvalue weighted by atomic mass is 10.1. The summed E-state index contributed by atoms with van der Waals surface area (Å²) in [6, 6.07) is 7.83. The largest absolute Gasteiger partial charge is 0.393 e. The number of carbonyl (C=O) groups is 1. The third-order valence-corrected chi connectivity index (χ3v) is 5.04. The molecule has 2 aromatic rings. The van der Waals surface area contributed by atoms with Gasteiger partial charge in [0.1, 0.15) is 0 Å². The van der Waals surface area contributed by atoms with Crippen molar-refractivity contribution in [2.24, 2.45) is 5.92 Å². The first-order valence-corrected chi connectivity index (χ1v) is 8.86. The van der Waals surface area contributed by atoms with Crippen LogP contribution in [-0.2, 0) is 11.3 Å². The minimum atomic E-state index is -0.282. The zero-order chi connectivity index (χ0) is 17.8. The van der Waals surface area contributed by atoms with Crippen LogP contribution in [0.2, 0.25) is 0 Å². The van der Waals surface area contributed by atoms with Crippen molar-refractivity contribution in [2.45, 2.75) is 31.9 Å². The number of aliphatic hydroxyl groups is 1. The number of urea groups is 1. The van der Waals surface area contributed by atoms with E-state index in [1.54, 1.807) is 19.1 Å². The average molecular weight is 345 g/mol. The quantitative estimate of drug-likeness (QED) is 0.846. The van der Waals surface area contributed by atoms with Crippen molar-refractivity contribution in [3.63, 3.8) is 0 Å². The lowest BCUT2D eigenvalue weighted by molar-refractivity contribution is 0.116. The Labute approximate surface area is 148 Å². The van der Waals surface area contributed by atoms with E-state index in [4.69, 9.17) is 4.74 Å². The number of hydrogen-bond donors (Lipinski definition) is 2. The van der Waals surface area contributed by atoms with Crippen LogP contribution in [0.1, 0.15) is 19.3 Å². The molecule has 1 aromatic carbocycles. The Kier molecular flexibility index (Phi) is 5.60. The van der Waals surface area contributed by atoms with Gasteiger partial charge in [0.25, 0.3) is 0 Å². The molecule has 2 atom stereocenters. The smallest absolute Gasteiger partial charge is 0.321 e. The molecule has 1 aliphatic carbocycles. The lowest BCUT2D eigenvalue weighted by Crippen LogP contribution is -2.37. The fraction of sp³-hybridized carbons (Fsp3) is 0.526. The monoisotopic (exact) mass is 345 g/mol. The van der Waals surface area contributed by atoms with Crippen molar-refractivity contribution in [1.82, 2.24) is 9.47 Å². The standard InChI is InChI=1S/C19H27N3O3/c1-21(13-15-4-3-5-18(15)23)19(24)20-16-7-6-14-8-9-22(10-11-25-2)17(14)12-16/h6-9,12,15,18,23H,3-5,10-11,13H2,1-2H3,(H,20,24). The second kappa shape index (κ2) is 7.89. The molecule has 1 aliphatic rings. The van der Waals surface area contributed by atoms with Crippen molar-refractivity contribution in [1.29, 1.82) is 0 Å². The SMILES string of the molecule is COCCn1ccc2ccc(NC(=O)N(C)CC3CCCC3O)cc21. The Morgan fingerprint density at radius 1 is 1.40 bits per heavy atom. The van der Waals surface area contributed by atoms with E-state index in [1.165, 1.54) is 0 Å². The summed E-state index contributed by atoms with van der Waals surface area (Å²) in [5.41, 5.74) is 1.84. The first-order chi connectivity index (χ1) is 12.1. The normalized spacial score (nSPS) is 20.1. The summed E-state index contributed by atoms with van der Waals surface area (Å²) in [6.45, 7) is 2.00. The summed E-state index contributed by atoms with van der Waals surface area (Å²) in [6.07, 6.45) is 4.61. The van der Waals surface area contributed by atoms with E-state index in [-0.39, 0.29) is 18.1 Å². The fourth-order valence-electron chi connectivity index (χ4n) is 3.53. The maximum atomic E-state index is 12.4. The summed E-state index contributed by atoms with van der Waals surface area (Å²) in [5.74, 6) is 0.185. The van der Waals surface area contributed by atoms with Gasteiger partial charge in [-0.3, -0.25) is 0 Å². The number of aromatic nitrogens is 1. The minimum Gasteiger partial charge on any atom is -0.393 e. The van der Waals surface area contributed by atoms with Gasteiger partial charge in [0.15, 0.2) is 0 Å². The number of hydrogen-bond acceptors (Lipinski definition) is 3. The molecule has 2 unspecified atom stereocenters. The van der Waals surface area contributed by atoms with Gasteiger partial charge < -0.3 is 24.6 Å². The number of rotatable bonds is 6. The predicted octanol–water partition coefficient (Wildman–Crippen LogP) is 2.91. The van der Waals surface area contributed by atoms with E-state index in [0.29, 0.717) is 13.2 Å². The summed E-state index contributed by atoms with van der Waals surface area (Å²) < 4.78 is 7.26. The third-order valence-electron chi connectivity index (χ3n) is 5.04. The number of anilines is 1. The molecule has 1 fully saturated rings. The van der Waals surface area contributed by atoms with Crippen LogP contribution in [0.5, 0.6) is 0 Å². The van der Waals surface area contributed by atoms with Crippen molar-refractivity contribution in [3.8, 4) is 0 Å². The summed E-state index contributed by atoms with van der Waals surface area (Å²) in [5, 5.41) is 14.0. The minimum absolute atomic E-state index is 0.145. The Bertz CT molecular complexity index is 728. The van der Waals surface area contributed by atoms with Gasteiger partial charge >= 0.3 is 6.03 Å². The Hall–Kier alpha value is -2.05. The van der Waals surface area contributed by atoms with E-state index in [0.717, 1.165) is 42.4 Å². The van der Waals surface area contributed by atoms with E-state index < -0.39 is 0 Å². The summed E-state index contributed by atoms with van der Waals surface area (Å²) in [7, 11) is 3.47. The number of nitrogens with zero attached hydrogens (tertiary/aromatic N) is 2. The molecule has 3 rings (SSSR count). The highest BCUT2D eigenvalue weighted by atomic mass is 16.5. The van der Waals surface area contributed by atoms with Gasteiger partial charge in [-0.15, -0.1) is 0 Å². The number of fused-ring (bicyclic) bond motifs is 1. The number of methoxy groups -OCH3 is 1. The molecule has 1 heterocycles. The van der Waals surface area contributed by atoms with Crippen LogP contribution in [0.3, 0.4) is 0 Å². The second-order valence-electron chi connectivity index (χ2n) is 6.84. The van der Waals surface area contributed by atoms with E-state index in [9.17, 15) is 9.90 Å². The van der Waals surface area contributed by atoms with Gasteiger partial charge in [0.05, 0.1) is 18.2 Å². The Morgan fingerprint density at radius 3 is 2.96 bits per heavy atom. The van der Waals surface area contributed by atoms with Crippen LogP contribution in [0.4, 0.5) is 10.5 Å². The number of ether oxygens (including phenoxy) is 1. The van der Waals surface area contributed by atoms with E-state index in [1.807, 2.05) is 24.4 Å². The molecule has 25 heavy (non-hydrogen) atoms. The second-order valence-corrected chi connectivity index (χ2v) is 6.84. The molecule has 2 amide bonds. The number of aliphatic hydroxyl groups excluding tert-OH is 1. The first kappa shape index (κ1) is 17.8. The molecule has 6 nitrogen and oxygen atoms in total. The van der Waals surface area contributed by atoms with Gasteiger partial charge in [-0.1, -0.05) is 12.5 Å². The Morgan fingerprint density at radius 2 is 2.24 bits per heavy atom. The highest BCUT2D eigenvalue weighted by molar-refractivity contribution is 5.92. The topological polar surface area (TPSA) is 66.7 Å². The molecule has 0 bridgehead atoms. The molecular weight excluding hydrogens is 318 g/mol. The molecule has 0 radical (unpaired) electrons. The average Bonchev–Trinajstić information content (AvgIpc) is 3.19. The molecule has 1 aromatic heterocycles. The lowest BCUT2D eigenvalue weighted by Gasteiger charge is -2.23. The maximum absolute atomic E-state index is 12.4. The third kappa shape index (κ3) is 4.14. The van der Waals surface area contributed by atoms with Crippen molar-refractivity contribution >= 4 is 22.6 Å². The first-order valence-electron chi connectivity index (χ1n) is 8.86. The fourth-order valence-corrected chi connectivity index (χ4v) is 3.53. The van der Waals surface area contributed by atoms with E-state index >= 15 is 0 Å². The van der Waals surface area contributed by atoms with Crippen LogP contribution < -0.4 is 5.32 Å². The zero-order valence-corrected chi connectivity index (χ0v) is 14.9. The molecule has 0 spiro atoms. The van der Waals surface area contributed by atoms with Crippen LogP contribution in [0, 0.1) is 5.92 Å². The molecule has 6 heteroatoms.